The van der Waals surface area contributed by atoms with Gasteiger partial charge in [-0.05, 0) is 44.2 Å². The molecule has 0 saturated heterocycles. The first-order chi connectivity index (χ1) is 13.1. The van der Waals surface area contributed by atoms with E-state index in [1.165, 1.54) is 0 Å². The molecular formula is C20H25N2O4P. The largest absolute Gasteiger partial charge is 0.497 e. The van der Waals surface area contributed by atoms with E-state index in [1.54, 1.807) is 7.11 Å². The minimum Gasteiger partial charge on any atom is -0.497 e. The summed E-state index contributed by atoms with van der Waals surface area (Å²) in [5.41, 5.74) is 2.60. The van der Waals surface area contributed by atoms with Gasteiger partial charge in [0, 0.05) is 28.4 Å². The van der Waals surface area contributed by atoms with Crippen molar-refractivity contribution in [2.24, 2.45) is 0 Å². The smallest absolute Gasteiger partial charge is 0.357 e. The third-order valence-corrected chi connectivity index (χ3v) is 6.52. The van der Waals surface area contributed by atoms with E-state index in [9.17, 15) is 4.57 Å². The first-order valence-corrected chi connectivity index (χ1v) is 10.6. The zero-order valence-corrected chi connectivity index (χ0v) is 16.7. The van der Waals surface area contributed by atoms with Gasteiger partial charge in [0.1, 0.15) is 5.75 Å². The fourth-order valence-electron chi connectivity index (χ4n) is 3.04. The number of hydrogen-bond acceptors (Lipinski definition) is 5. The summed E-state index contributed by atoms with van der Waals surface area (Å²) in [6.07, 6.45) is 1.86. The lowest BCUT2D eigenvalue weighted by Crippen LogP contribution is -2.15. The molecule has 3 rings (SSSR count). The van der Waals surface area contributed by atoms with Crippen LogP contribution in [0.1, 0.15) is 25.2 Å². The van der Waals surface area contributed by atoms with Gasteiger partial charge in [0.05, 0.1) is 20.3 Å². The molecule has 0 amide bonds. The Labute approximate surface area is 159 Å². The van der Waals surface area contributed by atoms with E-state index in [1.807, 2.05) is 68.6 Å². The molecule has 0 saturated carbocycles. The van der Waals surface area contributed by atoms with Crippen molar-refractivity contribution < 1.29 is 18.3 Å². The van der Waals surface area contributed by atoms with Crippen molar-refractivity contribution in [1.29, 1.82) is 0 Å². The third kappa shape index (κ3) is 4.19. The summed E-state index contributed by atoms with van der Waals surface area (Å²) in [6, 6.07) is 15.3. The predicted molar refractivity (Wildman–Crippen MR) is 109 cm³/mol. The lowest BCUT2D eigenvalue weighted by Gasteiger charge is -2.28. The molecule has 144 valence electrons. The van der Waals surface area contributed by atoms with Crippen LogP contribution in [0.5, 0.6) is 5.75 Å². The summed E-state index contributed by atoms with van der Waals surface area (Å²) in [6.45, 7) is 4.21. The van der Waals surface area contributed by atoms with Crippen LogP contribution in [0.2, 0.25) is 0 Å². The number of aromatic amines is 1. The molecule has 0 unspecified atom stereocenters. The molecule has 0 bridgehead atoms. The SMILES string of the molecule is CCOP(=O)(OCC)[C@H](Nc1ccc(OC)cc1)c1c[nH]c2ccccc12. The highest BCUT2D eigenvalue weighted by atomic mass is 31.2. The Morgan fingerprint density at radius 3 is 2.33 bits per heavy atom. The number of anilines is 1. The van der Waals surface area contributed by atoms with Crippen LogP contribution in [0.15, 0.2) is 54.7 Å². The maximum absolute atomic E-state index is 13.6. The lowest BCUT2D eigenvalue weighted by molar-refractivity contribution is 0.214. The monoisotopic (exact) mass is 388 g/mol. The van der Waals surface area contributed by atoms with E-state index in [0.29, 0.717) is 13.2 Å². The Kier molecular flexibility index (Phi) is 6.22. The van der Waals surface area contributed by atoms with E-state index in [0.717, 1.165) is 27.9 Å². The van der Waals surface area contributed by atoms with E-state index < -0.39 is 13.4 Å². The average molecular weight is 388 g/mol. The van der Waals surface area contributed by atoms with Gasteiger partial charge in [-0.3, -0.25) is 4.57 Å². The van der Waals surface area contributed by atoms with Crippen LogP contribution in [0.25, 0.3) is 10.9 Å². The van der Waals surface area contributed by atoms with Crippen LogP contribution >= 0.6 is 7.60 Å². The van der Waals surface area contributed by atoms with Crippen LogP contribution in [-0.4, -0.2) is 25.3 Å². The van der Waals surface area contributed by atoms with Crippen LogP contribution in [0.4, 0.5) is 5.69 Å². The van der Waals surface area contributed by atoms with Crippen LogP contribution in [0, 0.1) is 0 Å². The van der Waals surface area contributed by atoms with Crippen molar-refractivity contribution >= 4 is 24.2 Å². The fraction of sp³-hybridized carbons (Fsp3) is 0.300. The van der Waals surface area contributed by atoms with E-state index in [2.05, 4.69) is 10.3 Å². The molecule has 27 heavy (non-hydrogen) atoms. The average Bonchev–Trinajstić information content (AvgIpc) is 3.10. The number of nitrogens with one attached hydrogen (secondary N) is 2. The zero-order valence-electron chi connectivity index (χ0n) is 15.8. The molecule has 3 aromatic rings. The van der Waals surface area contributed by atoms with Crippen molar-refractivity contribution in [1.82, 2.24) is 4.98 Å². The van der Waals surface area contributed by atoms with E-state index in [-0.39, 0.29) is 0 Å². The lowest BCUT2D eigenvalue weighted by atomic mass is 10.1. The topological polar surface area (TPSA) is 72.6 Å². The maximum Gasteiger partial charge on any atom is 0.357 e. The molecule has 0 radical (unpaired) electrons. The second-order valence-corrected chi connectivity index (χ2v) is 8.05. The van der Waals surface area contributed by atoms with E-state index in [4.69, 9.17) is 13.8 Å². The predicted octanol–water partition coefficient (Wildman–Crippen LogP) is 5.55. The molecule has 1 heterocycles. The normalized spacial score (nSPS) is 12.9. The van der Waals surface area contributed by atoms with Gasteiger partial charge in [-0.2, -0.15) is 0 Å². The molecule has 1 aromatic heterocycles. The molecule has 0 spiro atoms. The molecule has 0 aliphatic carbocycles. The minimum absolute atomic E-state index is 0.292. The number of rotatable bonds is 9. The zero-order chi connectivity index (χ0) is 19.3. The maximum atomic E-state index is 13.6. The summed E-state index contributed by atoms with van der Waals surface area (Å²) in [7, 11) is -1.85. The number of para-hydroxylation sites is 1. The molecule has 6 nitrogen and oxygen atoms in total. The van der Waals surface area contributed by atoms with Crippen molar-refractivity contribution in [2.45, 2.75) is 19.6 Å². The number of aromatic nitrogens is 1. The molecule has 0 aliphatic rings. The summed E-state index contributed by atoms with van der Waals surface area (Å²) in [4.78, 5) is 3.24. The van der Waals surface area contributed by atoms with Crippen LogP contribution < -0.4 is 10.1 Å². The second kappa shape index (κ2) is 8.61. The highest BCUT2D eigenvalue weighted by molar-refractivity contribution is 7.54. The van der Waals surface area contributed by atoms with Crippen molar-refractivity contribution in [2.75, 3.05) is 25.6 Å². The van der Waals surface area contributed by atoms with Gasteiger partial charge >= 0.3 is 7.60 Å². The van der Waals surface area contributed by atoms with E-state index >= 15 is 0 Å². The molecule has 2 aromatic carbocycles. The first-order valence-electron chi connectivity index (χ1n) is 8.96. The van der Waals surface area contributed by atoms with Gasteiger partial charge in [-0.25, -0.2) is 0 Å². The minimum atomic E-state index is -3.47. The highest BCUT2D eigenvalue weighted by Gasteiger charge is 2.38. The number of ether oxygens (including phenoxy) is 1. The van der Waals surface area contributed by atoms with Gasteiger partial charge in [0.2, 0.25) is 0 Å². The molecular weight excluding hydrogens is 363 g/mol. The summed E-state index contributed by atoms with van der Waals surface area (Å²) in [5.74, 6) is 0.101. The van der Waals surface area contributed by atoms with Gasteiger partial charge in [0.25, 0.3) is 0 Å². The number of methoxy groups -OCH3 is 1. The standard InChI is InChI=1S/C20H25N2O4P/c1-4-25-27(23,26-5-2)20(22-15-10-12-16(24-3)13-11-15)18-14-21-19-9-7-6-8-17(18)19/h6-14,20-22H,4-5H2,1-3H3/t20-/m0/s1. The summed E-state index contributed by atoms with van der Waals surface area (Å²) in [5, 5.41) is 4.32. The Bertz CT molecular complexity index is 913. The summed E-state index contributed by atoms with van der Waals surface area (Å²) < 4.78 is 30.2. The second-order valence-electron chi connectivity index (χ2n) is 5.94. The molecule has 2 N–H and O–H groups in total. The number of fused-ring (bicyclic) bond motifs is 1. The Balaban J connectivity index is 2.06. The quantitative estimate of drug-likeness (QED) is 0.470. The molecule has 1 atom stereocenters. The number of benzene rings is 2. The summed E-state index contributed by atoms with van der Waals surface area (Å²) >= 11 is 0. The van der Waals surface area contributed by atoms with Crippen molar-refractivity contribution in [3.63, 3.8) is 0 Å². The van der Waals surface area contributed by atoms with Crippen LogP contribution in [0.3, 0.4) is 0 Å². The van der Waals surface area contributed by atoms with Crippen molar-refractivity contribution in [3.8, 4) is 5.75 Å². The van der Waals surface area contributed by atoms with Crippen LogP contribution in [-0.2, 0) is 13.6 Å². The molecule has 0 fully saturated rings. The first kappa shape index (κ1) is 19.5. The highest BCUT2D eigenvalue weighted by Crippen LogP contribution is 2.61. The Morgan fingerprint density at radius 2 is 1.70 bits per heavy atom. The third-order valence-electron chi connectivity index (χ3n) is 4.24. The Hall–Kier alpha value is -2.27. The van der Waals surface area contributed by atoms with Gasteiger partial charge < -0.3 is 24.1 Å². The van der Waals surface area contributed by atoms with Crippen molar-refractivity contribution in [3.05, 3.63) is 60.3 Å². The van der Waals surface area contributed by atoms with Gasteiger partial charge in [-0.1, -0.05) is 18.2 Å². The van der Waals surface area contributed by atoms with Gasteiger partial charge in [-0.15, -0.1) is 0 Å². The number of H-pyrrole nitrogens is 1. The van der Waals surface area contributed by atoms with Gasteiger partial charge in [0.15, 0.2) is 5.78 Å². The molecule has 7 heteroatoms. The number of hydrogen-bond donors (Lipinski definition) is 2. The molecule has 0 aliphatic heterocycles. The Morgan fingerprint density at radius 1 is 1.04 bits per heavy atom. The fourth-order valence-corrected chi connectivity index (χ4v) is 4.99.